The maximum Gasteiger partial charge on any atom is 0.184 e. The summed E-state index contributed by atoms with van der Waals surface area (Å²) >= 11 is 12.3. The fourth-order valence-electron chi connectivity index (χ4n) is 0.616. The third-order valence-electron chi connectivity index (χ3n) is 1.07. The van der Waals surface area contributed by atoms with Crippen molar-refractivity contribution in [1.29, 1.82) is 0 Å². The number of hydrogen-bond donors (Lipinski definition) is 0. The number of rotatable bonds is 2. The van der Waals surface area contributed by atoms with E-state index in [2.05, 4.69) is 0 Å². The Hall–Kier alpha value is 0.150. The standard InChI is InChI=1S/C7H6Cl2S/c8-5-10-7-3-1-6(9)2-4-7/h1-4H,5H2/p+1. The summed E-state index contributed by atoms with van der Waals surface area (Å²) in [6.45, 7) is 0. The average molecular weight is 194 g/mol. The third-order valence-corrected chi connectivity index (χ3v) is 2.46. The molecule has 0 unspecified atom stereocenters. The van der Waals surface area contributed by atoms with Gasteiger partial charge in [0, 0.05) is 16.8 Å². The maximum atomic E-state index is 5.68. The molecule has 0 aliphatic rings. The summed E-state index contributed by atoms with van der Waals surface area (Å²) in [5.74, 6) is 0. The number of benzene rings is 1. The Morgan fingerprint density at radius 3 is 2.30 bits per heavy atom. The Morgan fingerprint density at radius 1 is 1.20 bits per heavy atom. The lowest BCUT2D eigenvalue weighted by Gasteiger charge is -1.87. The number of alkyl halides is 1. The summed E-state index contributed by atoms with van der Waals surface area (Å²) in [6, 6.07) is 7.70. The summed E-state index contributed by atoms with van der Waals surface area (Å²) in [7, 11) is 0. The van der Waals surface area contributed by atoms with Gasteiger partial charge >= 0.3 is 0 Å². The van der Waals surface area contributed by atoms with E-state index in [0.717, 1.165) is 16.8 Å². The smallest absolute Gasteiger partial charge is 0.0843 e. The molecule has 0 nitrogen and oxygen atoms in total. The average Bonchev–Trinajstić information content (AvgIpc) is 1.95. The van der Waals surface area contributed by atoms with Crippen molar-refractivity contribution in [1.82, 2.24) is 0 Å². The number of thiol groups is 1. The van der Waals surface area contributed by atoms with Gasteiger partial charge in [0.25, 0.3) is 0 Å². The molecule has 0 saturated carbocycles. The lowest BCUT2D eigenvalue weighted by Crippen LogP contribution is -1.80. The molecule has 0 bridgehead atoms. The first kappa shape index (κ1) is 8.25. The summed E-state index contributed by atoms with van der Waals surface area (Å²) < 4.78 is 0. The van der Waals surface area contributed by atoms with Crippen molar-refractivity contribution in [3.63, 3.8) is 0 Å². The molecular weight excluding hydrogens is 187 g/mol. The first-order valence-corrected chi connectivity index (χ1v) is 4.81. The lowest BCUT2D eigenvalue weighted by molar-refractivity contribution is 1.46. The summed E-state index contributed by atoms with van der Waals surface area (Å²) in [5, 5.41) is 1.41. The van der Waals surface area contributed by atoms with Crippen molar-refractivity contribution < 1.29 is 0 Å². The fourth-order valence-corrected chi connectivity index (χ4v) is 1.65. The van der Waals surface area contributed by atoms with Gasteiger partial charge < -0.3 is 0 Å². The highest BCUT2D eigenvalue weighted by Gasteiger charge is 1.98. The molecule has 0 atom stereocenters. The summed E-state index contributed by atoms with van der Waals surface area (Å²) in [6.07, 6.45) is 0. The second-order valence-corrected chi connectivity index (χ2v) is 3.98. The van der Waals surface area contributed by atoms with E-state index in [4.69, 9.17) is 23.2 Å². The van der Waals surface area contributed by atoms with E-state index in [1.54, 1.807) is 0 Å². The van der Waals surface area contributed by atoms with Gasteiger partial charge in [-0.1, -0.05) is 23.2 Å². The molecule has 0 aromatic heterocycles. The maximum absolute atomic E-state index is 5.68. The molecule has 0 amide bonds. The van der Waals surface area contributed by atoms with Crippen LogP contribution < -0.4 is 0 Å². The van der Waals surface area contributed by atoms with E-state index in [1.807, 2.05) is 24.3 Å². The molecule has 0 heterocycles. The topological polar surface area (TPSA) is 0 Å². The molecule has 0 aliphatic carbocycles. The first-order valence-electron chi connectivity index (χ1n) is 2.82. The van der Waals surface area contributed by atoms with Crippen molar-refractivity contribution in [2.45, 2.75) is 4.90 Å². The van der Waals surface area contributed by atoms with Crippen LogP contribution in [0.3, 0.4) is 0 Å². The molecule has 54 valence electrons. The van der Waals surface area contributed by atoms with Crippen LogP contribution in [0.15, 0.2) is 29.2 Å². The molecule has 0 saturated heterocycles. The van der Waals surface area contributed by atoms with Crippen LogP contribution in [0.5, 0.6) is 0 Å². The molecule has 0 fully saturated rings. The van der Waals surface area contributed by atoms with Crippen LogP contribution in [0.1, 0.15) is 0 Å². The van der Waals surface area contributed by atoms with E-state index < -0.39 is 0 Å². The van der Waals surface area contributed by atoms with Crippen molar-refractivity contribution in [3.05, 3.63) is 29.3 Å². The molecule has 0 N–H and O–H groups in total. The van der Waals surface area contributed by atoms with E-state index in [1.165, 1.54) is 4.90 Å². The molecule has 3 heteroatoms. The van der Waals surface area contributed by atoms with E-state index in [-0.39, 0.29) is 0 Å². The van der Waals surface area contributed by atoms with Gasteiger partial charge in [-0.3, -0.25) is 0 Å². The highest BCUT2D eigenvalue weighted by Crippen LogP contribution is 2.11. The summed E-state index contributed by atoms with van der Waals surface area (Å²) in [5.41, 5.74) is 0. The largest absolute Gasteiger partial charge is 0.184 e. The van der Waals surface area contributed by atoms with Crippen molar-refractivity contribution in [2.75, 3.05) is 5.21 Å². The van der Waals surface area contributed by atoms with E-state index >= 15 is 0 Å². The van der Waals surface area contributed by atoms with Crippen molar-refractivity contribution >= 4 is 35.0 Å². The first-order chi connectivity index (χ1) is 4.83. The summed E-state index contributed by atoms with van der Waals surface area (Å²) in [4.78, 5) is 1.21. The van der Waals surface area contributed by atoms with Gasteiger partial charge in [-0.2, -0.15) is 0 Å². The second-order valence-electron chi connectivity index (χ2n) is 1.75. The van der Waals surface area contributed by atoms with Gasteiger partial charge in [0.05, 0.1) is 0 Å². The molecular formula is C7H7Cl2S+. The SMILES string of the molecule is ClC[SH+]c1ccc(Cl)cc1. The van der Waals surface area contributed by atoms with Crippen LogP contribution >= 0.6 is 23.2 Å². The molecule has 10 heavy (non-hydrogen) atoms. The normalized spacial score (nSPS) is 9.80. The van der Waals surface area contributed by atoms with Crippen LogP contribution in [0.2, 0.25) is 5.02 Å². The Morgan fingerprint density at radius 2 is 1.80 bits per heavy atom. The highest BCUT2D eigenvalue weighted by atomic mass is 35.5. The van der Waals surface area contributed by atoms with Gasteiger partial charge in [-0.25, -0.2) is 0 Å². The minimum atomic E-state index is 0.641. The minimum Gasteiger partial charge on any atom is -0.0843 e. The Bertz CT molecular complexity index is 195. The zero-order chi connectivity index (χ0) is 7.40. The van der Waals surface area contributed by atoms with Gasteiger partial charge in [-0.15, -0.1) is 0 Å². The van der Waals surface area contributed by atoms with Crippen molar-refractivity contribution in [3.8, 4) is 0 Å². The van der Waals surface area contributed by atoms with Crippen LogP contribution in [-0.2, 0) is 11.8 Å². The lowest BCUT2D eigenvalue weighted by atomic mass is 10.4. The molecule has 1 aromatic carbocycles. The van der Waals surface area contributed by atoms with Crippen molar-refractivity contribution in [2.24, 2.45) is 0 Å². The Balaban J connectivity index is 2.69. The third kappa shape index (κ3) is 2.41. The number of hydrogen-bond acceptors (Lipinski definition) is 0. The van der Waals surface area contributed by atoms with E-state index in [0.29, 0.717) is 5.21 Å². The molecule has 0 radical (unpaired) electrons. The highest BCUT2D eigenvalue weighted by molar-refractivity contribution is 7.79. The number of halogens is 2. The second kappa shape index (κ2) is 4.12. The van der Waals surface area contributed by atoms with Gasteiger partial charge in [0.1, 0.15) is 0 Å². The fraction of sp³-hybridized carbons (Fsp3) is 0.143. The zero-order valence-electron chi connectivity index (χ0n) is 5.22. The van der Waals surface area contributed by atoms with Gasteiger partial charge in [-0.05, 0) is 24.3 Å². The molecule has 1 rings (SSSR count). The molecule has 1 aromatic rings. The van der Waals surface area contributed by atoms with Gasteiger partial charge in [0.2, 0.25) is 0 Å². The quantitative estimate of drug-likeness (QED) is 0.385. The monoisotopic (exact) mass is 193 g/mol. The van der Waals surface area contributed by atoms with Crippen LogP contribution in [0, 0.1) is 0 Å². The zero-order valence-corrected chi connectivity index (χ0v) is 7.63. The van der Waals surface area contributed by atoms with Crippen LogP contribution in [0.4, 0.5) is 0 Å². The van der Waals surface area contributed by atoms with Crippen LogP contribution in [-0.4, -0.2) is 5.21 Å². The van der Waals surface area contributed by atoms with Gasteiger partial charge in [0.15, 0.2) is 10.1 Å². The Kier molecular flexibility index (Phi) is 3.40. The minimum absolute atomic E-state index is 0.641. The predicted molar refractivity (Wildman–Crippen MR) is 49.2 cm³/mol. The Labute approximate surface area is 74.5 Å². The molecule has 0 spiro atoms. The molecule has 0 aliphatic heterocycles. The van der Waals surface area contributed by atoms with Crippen LogP contribution in [0.25, 0.3) is 0 Å². The predicted octanol–water partition coefficient (Wildman–Crippen LogP) is 2.71. The van der Waals surface area contributed by atoms with E-state index in [9.17, 15) is 0 Å².